The fourth-order valence-electron chi connectivity index (χ4n) is 4.08. The SMILES string of the molecule is Cc1c(C(=O)O)ccc2c1N[C@@H](c1cccc(Cl)c1)[C@H]1CC=C[C@@H]21. The van der Waals surface area contributed by atoms with Crippen molar-refractivity contribution >= 4 is 23.3 Å². The van der Waals surface area contributed by atoms with Gasteiger partial charge in [-0.2, -0.15) is 0 Å². The fraction of sp³-hybridized carbons (Fsp3) is 0.250. The second-order valence-corrected chi connectivity index (χ2v) is 6.97. The van der Waals surface area contributed by atoms with Crippen LogP contribution >= 0.6 is 11.6 Å². The Morgan fingerprint density at radius 2 is 2.12 bits per heavy atom. The standard InChI is InChI=1S/C20H18ClNO2/c1-11-14(20(23)24)8-9-17-15-6-3-7-16(15)19(22-18(11)17)12-4-2-5-13(21)10-12/h2-6,8-10,15-16,19,22H,7H2,1H3,(H,23,24)/t15-,16+,19+/m1/s1. The lowest BCUT2D eigenvalue weighted by Gasteiger charge is -2.38. The topological polar surface area (TPSA) is 49.3 Å². The maximum Gasteiger partial charge on any atom is 0.336 e. The van der Waals surface area contributed by atoms with Crippen LogP contribution in [0.25, 0.3) is 0 Å². The van der Waals surface area contributed by atoms with Gasteiger partial charge in [-0.05, 0) is 54.2 Å². The Morgan fingerprint density at radius 1 is 1.29 bits per heavy atom. The van der Waals surface area contributed by atoms with Gasteiger partial charge in [-0.25, -0.2) is 4.79 Å². The average molecular weight is 340 g/mol. The van der Waals surface area contributed by atoms with Crippen LogP contribution in [-0.2, 0) is 0 Å². The van der Waals surface area contributed by atoms with E-state index >= 15 is 0 Å². The number of rotatable bonds is 2. The molecule has 0 amide bonds. The Balaban J connectivity index is 1.85. The third-order valence-electron chi connectivity index (χ3n) is 5.24. The molecule has 24 heavy (non-hydrogen) atoms. The molecule has 0 saturated heterocycles. The van der Waals surface area contributed by atoms with Gasteiger partial charge in [-0.1, -0.05) is 42.0 Å². The minimum absolute atomic E-state index is 0.124. The molecule has 4 rings (SSSR count). The summed E-state index contributed by atoms with van der Waals surface area (Å²) in [5.41, 5.74) is 4.44. The van der Waals surface area contributed by atoms with Crippen LogP contribution in [0.4, 0.5) is 5.69 Å². The molecule has 122 valence electrons. The smallest absolute Gasteiger partial charge is 0.336 e. The van der Waals surface area contributed by atoms with Crippen LogP contribution in [0.3, 0.4) is 0 Å². The molecule has 0 bridgehead atoms. The van der Waals surface area contributed by atoms with Crippen molar-refractivity contribution in [3.63, 3.8) is 0 Å². The predicted molar refractivity (Wildman–Crippen MR) is 95.9 cm³/mol. The first-order chi connectivity index (χ1) is 11.6. The highest BCUT2D eigenvalue weighted by atomic mass is 35.5. The molecule has 0 radical (unpaired) electrons. The third kappa shape index (κ3) is 2.31. The van der Waals surface area contributed by atoms with Gasteiger partial charge >= 0.3 is 5.97 Å². The van der Waals surface area contributed by atoms with Crippen molar-refractivity contribution in [2.45, 2.75) is 25.3 Å². The van der Waals surface area contributed by atoms with Gasteiger partial charge in [0.2, 0.25) is 0 Å². The molecule has 2 aliphatic rings. The molecule has 2 aromatic carbocycles. The van der Waals surface area contributed by atoms with E-state index in [4.69, 9.17) is 11.6 Å². The zero-order chi connectivity index (χ0) is 16.8. The van der Waals surface area contributed by atoms with Crippen molar-refractivity contribution in [2.75, 3.05) is 5.32 Å². The third-order valence-corrected chi connectivity index (χ3v) is 5.47. The highest BCUT2D eigenvalue weighted by Gasteiger charge is 2.38. The first kappa shape index (κ1) is 15.3. The van der Waals surface area contributed by atoms with E-state index in [1.54, 1.807) is 6.07 Å². The minimum Gasteiger partial charge on any atom is -0.478 e. The number of carbonyl (C=O) groups is 1. The van der Waals surface area contributed by atoms with Gasteiger partial charge in [0.25, 0.3) is 0 Å². The summed E-state index contributed by atoms with van der Waals surface area (Å²) < 4.78 is 0. The summed E-state index contributed by atoms with van der Waals surface area (Å²) in [4.78, 5) is 11.5. The van der Waals surface area contributed by atoms with Crippen molar-refractivity contribution in [3.8, 4) is 0 Å². The highest BCUT2D eigenvalue weighted by Crippen LogP contribution is 2.51. The van der Waals surface area contributed by atoms with E-state index in [1.807, 2.05) is 31.2 Å². The number of halogens is 1. The summed E-state index contributed by atoms with van der Waals surface area (Å²) in [5, 5.41) is 13.7. The molecule has 1 heterocycles. The van der Waals surface area contributed by atoms with Crippen LogP contribution < -0.4 is 5.32 Å². The molecule has 2 N–H and O–H groups in total. The predicted octanol–water partition coefficient (Wildman–Crippen LogP) is 5.17. The van der Waals surface area contributed by atoms with Crippen molar-refractivity contribution in [1.82, 2.24) is 0 Å². The average Bonchev–Trinajstić information content (AvgIpc) is 3.04. The maximum atomic E-state index is 11.5. The van der Waals surface area contributed by atoms with E-state index in [0.29, 0.717) is 17.4 Å². The molecule has 3 atom stereocenters. The Hall–Kier alpha value is -2.26. The monoisotopic (exact) mass is 339 g/mol. The Bertz CT molecular complexity index is 859. The van der Waals surface area contributed by atoms with Gasteiger partial charge in [-0.3, -0.25) is 0 Å². The number of fused-ring (bicyclic) bond motifs is 3. The molecule has 4 heteroatoms. The van der Waals surface area contributed by atoms with Gasteiger partial charge < -0.3 is 10.4 Å². The lowest BCUT2D eigenvalue weighted by molar-refractivity contribution is 0.0696. The summed E-state index contributed by atoms with van der Waals surface area (Å²) >= 11 is 6.18. The fourth-order valence-corrected chi connectivity index (χ4v) is 4.27. The number of nitrogens with one attached hydrogen (secondary N) is 1. The highest BCUT2D eigenvalue weighted by molar-refractivity contribution is 6.30. The Morgan fingerprint density at radius 3 is 2.88 bits per heavy atom. The first-order valence-electron chi connectivity index (χ1n) is 8.11. The molecule has 0 unspecified atom stereocenters. The largest absolute Gasteiger partial charge is 0.478 e. The zero-order valence-corrected chi connectivity index (χ0v) is 14.0. The number of anilines is 1. The lowest BCUT2D eigenvalue weighted by Crippen LogP contribution is -2.30. The summed E-state index contributed by atoms with van der Waals surface area (Å²) in [6.45, 7) is 1.88. The van der Waals surface area contributed by atoms with Crippen molar-refractivity contribution < 1.29 is 9.90 Å². The van der Waals surface area contributed by atoms with E-state index in [-0.39, 0.29) is 6.04 Å². The van der Waals surface area contributed by atoms with Gasteiger partial charge in [0.05, 0.1) is 11.6 Å². The van der Waals surface area contributed by atoms with Crippen LogP contribution in [-0.4, -0.2) is 11.1 Å². The minimum atomic E-state index is -0.888. The van der Waals surface area contributed by atoms with E-state index in [9.17, 15) is 9.90 Å². The molecule has 0 spiro atoms. The summed E-state index contributed by atoms with van der Waals surface area (Å²) in [5.74, 6) is -0.154. The van der Waals surface area contributed by atoms with Crippen LogP contribution in [0.5, 0.6) is 0 Å². The molecule has 0 aromatic heterocycles. The molecule has 0 fully saturated rings. The van der Waals surface area contributed by atoms with Crippen LogP contribution in [0.2, 0.25) is 5.02 Å². The van der Waals surface area contributed by atoms with Crippen molar-refractivity contribution in [2.24, 2.45) is 5.92 Å². The second-order valence-electron chi connectivity index (χ2n) is 6.54. The Kier molecular flexibility index (Phi) is 3.61. The quantitative estimate of drug-likeness (QED) is 0.742. The number of hydrogen-bond donors (Lipinski definition) is 2. The van der Waals surface area contributed by atoms with E-state index in [1.165, 1.54) is 5.56 Å². The molecular weight excluding hydrogens is 322 g/mol. The zero-order valence-electron chi connectivity index (χ0n) is 13.3. The van der Waals surface area contributed by atoms with Gasteiger partial charge in [-0.15, -0.1) is 0 Å². The molecular formula is C20H18ClNO2. The van der Waals surface area contributed by atoms with Crippen LogP contribution in [0, 0.1) is 12.8 Å². The van der Waals surface area contributed by atoms with E-state index in [0.717, 1.165) is 28.3 Å². The molecule has 3 nitrogen and oxygen atoms in total. The van der Waals surface area contributed by atoms with Crippen LogP contribution in [0.1, 0.15) is 45.4 Å². The van der Waals surface area contributed by atoms with Gasteiger partial charge in [0.15, 0.2) is 0 Å². The number of benzene rings is 2. The summed E-state index contributed by atoms with van der Waals surface area (Å²) in [6.07, 6.45) is 5.49. The molecule has 0 saturated carbocycles. The molecule has 2 aromatic rings. The Labute approximate surface area is 146 Å². The van der Waals surface area contributed by atoms with Crippen LogP contribution in [0.15, 0.2) is 48.6 Å². The number of hydrogen-bond acceptors (Lipinski definition) is 2. The molecule has 1 aliphatic heterocycles. The van der Waals surface area contributed by atoms with Crippen molar-refractivity contribution in [3.05, 3.63) is 75.8 Å². The first-order valence-corrected chi connectivity index (χ1v) is 8.49. The van der Waals surface area contributed by atoms with E-state index in [2.05, 4.69) is 23.5 Å². The number of carboxylic acid groups (broad SMARTS) is 1. The lowest BCUT2D eigenvalue weighted by atomic mass is 9.76. The van der Waals surface area contributed by atoms with Gasteiger partial charge in [0, 0.05) is 16.6 Å². The normalized spacial score (nSPS) is 24.2. The summed E-state index contributed by atoms with van der Waals surface area (Å²) in [6, 6.07) is 11.7. The molecule has 1 aliphatic carbocycles. The van der Waals surface area contributed by atoms with E-state index < -0.39 is 5.97 Å². The van der Waals surface area contributed by atoms with Crippen molar-refractivity contribution in [1.29, 1.82) is 0 Å². The second kappa shape index (κ2) is 5.67. The van der Waals surface area contributed by atoms with Gasteiger partial charge in [0.1, 0.15) is 0 Å². The summed E-state index contributed by atoms with van der Waals surface area (Å²) in [7, 11) is 0. The maximum absolute atomic E-state index is 11.5. The number of aromatic carboxylic acids is 1. The number of allylic oxidation sites excluding steroid dienone is 2. The number of carboxylic acids is 1.